The summed E-state index contributed by atoms with van der Waals surface area (Å²) >= 11 is 0. The normalized spacial score (nSPS) is 19.2. The van der Waals surface area contributed by atoms with E-state index in [0.717, 1.165) is 16.8 Å². The van der Waals surface area contributed by atoms with Gasteiger partial charge in [0.25, 0.3) is 0 Å². The summed E-state index contributed by atoms with van der Waals surface area (Å²) in [5.41, 5.74) is 5.17. The highest BCUT2D eigenvalue weighted by Gasteiger charge is 2.35. The van der Waals surface area contributed by atoms with Crippen LogP contribution in [0.1, 0.15) is 17.5 Å². The molecule has 96 valence electrons. The van der Waals surface area contributed by atoms with Gasteiger partial charge in [0, 0.05) is 18.7 Å². The lowest BCUT2D eigenvalue weighted by Crippen LogP contribution is -2.37. The number of rotatable bonds is 2. The van der Waals surface area contributed by atoms with Gasteiger partial charge in [0.05, 0.1) is 5.92 Å². The molecule has 1 aliphatic heterocycles. The molecule has 0 unspecified atom stereocenters. The molecule has 5 heteroatoms. The molecule has 0 spiro atoms. The van der Waals surface area contributed by atoms with E-state index >= 15 is 0 Å². The van der Waals surface area contributed by atoms with E-state index in [2.05, 4.69) is 5.43 Å². The maximum Gasteiger partial charge on any atom is 0.239 e. The fourth-order valence-electron chi connectivity index (χ4n) is 2.34. The molecule has 0 aromatic heterocycles. The van der Waals surface area contributed by atoms with Crippen LogP contribution in [-0.2, 0) is 9.59 Å². The average molecular weight is 247 g/mol. The average Bonchev–Trinajstić information content (AvgIpc) is 2.70. The largest absolute Gasteiger partial charge is 0.311 e. The Bertz CT molecular complexity index is 499. The number of nitrogens with one attached hydrogen (secondary N) is 1. The minimum absolute atomic E-state index is 0.0319. The van der Waals surface area contributed by atoms with Gasteiger partial charge in [0.15, 0.2) is 0 Å². The van der Waals surface area contributed by atoms with Crippen molar-refractivity contribution in [3.63, 3.8) is 0 Å². The van der Waals surface area contributed by atoms with Crippen molar-refractivity contribution in [2.75, 3.05) is 11.4 Å². The van der Waals surface area contributed by atoms with E-state index in [1.54, 1.807) is 4.90 Å². The zero-order valence-corrected chi connectivity index (χ0v) is 10.6. The molecular weight excluding hydrogens is 230 g/mol. The van der Waals surface area contributed by atoms with Gasteiger partial charge in [-0.1, -0.05) is 17.7 Å². The zero-order valence-electron chi connectivity index (χ0n) is 10.6. The number of anilines is 1. The topological polar surface area (TPSA) is 75.4 Å². The maximum absolute atomic E-state index is 11.9. The Labute approximate surface area is 106 Å². The Morgan fingerprint density at radius 1 is 1.44 bits per heavy atom. The van der Waals surface area contributed by atoms with Crippen LogP contribution in [0.15, 0.2) is 18.2 Å². The summed E-state index contributed by atoms with van der Waals surface area (Å²) in [6.45, 7) is 4.37. The van der Waals surface area contributed by atoms with Gasteiger partial charge >= 0.3 is 0 Å². The van der Waals surface area contributed by atoms with Crippen molar-refractivity contribution in [1.29, 1.82) is 0 Å². The first-order valence-electron chi connectivity index (χ1n) is 5.91. The highest BCUT2D eigenvalue weighted by atomic mass is 16.2. The molecule has 1 atom stereocenters. The number of aryl methyl sites for hydroxylation is 2. The molecule has 1 saturated heterocycles. The molecule has 2 amide bonds. The van der Waals surface area contributed by atoms with Gasteiger partial charge in [-0.2, -0.15) is 0 Å². The fourth-order valence-corrected chi connectivity index (χ4v) is 2.34. The number of hydrogen-bond acceptors (Lipinski definition) is 3. The zero-order chi connectivity index (χ0) is 13.3. The number of amides is 2. The summed E-state index contributed by atoms with van der Waals surface area (Å²) in [5, 5.41) is 0. The SMILES string of the molecule is Cc1ccc(N2C[C@@H](C(=O)NN)CC2=O)c(C)c1. The van der Waals surface area contributed by atoms with Crippen LogP contribution in [0, 0.1) is 19.8 Å². The molecule has 18 heavy (non-hydrogen) atoms. The number of carbonyl (C=O) groups excluding carboxylic acids is 2. The van der Waals surface area contributed by atoms with E-state index in [9.17, 15) is 9.59 Å². The van der Waals surface area contributed by atoms with Crippen molar-refractivity contribution in [1.82, 2.24) is 5.43 Å². The van der Waals surface area contributed by atoms with Gasteiger partial charge < -0.3 is 4.90 Å². The number of nitrogens with zero attached hydrogens (tertiary/aromatic N) is 1. The second-order valence-corrected chi connectivity index (χ2v) is 4.70. The lowest BCUT2D eigenvalue weighted by molar-refractivity contribution is -0.126. The molecule has 0 aliphatic carbocycles. The molecule has 0 saturated carbocycles. The Kier molecular flexibility index (Phi) is 3.34. The number of benzene rings is 1. The van der Waals surface area contributed by atoms with Gasteiger partial charge in [0.2, 0.25) is 11.8 Å². The van der Waals surface area contributed by atoms with E-state index in [4.69, 9.17) is 5.84 Å². The van der Waals surface area contributed by atoms with Gasteiger partial charge in [-0.25, -0.2) is 5.84 Å². The van der Waals surface area contributed by atoms with Crippen molar-refractivity contribution >= 4 is 17.5 Å². The Balaban J connectivity index is 2.24. The van der Waals surface area contributed by atoms with Crippen molar-refractivity contribution in [3.8, 4) is 0 Å². The number of hydrogen-bond donors (Lipinski definition) is 2. The first kappa shape index (κ1) is 12.6. The number of hydrazine groups is 1. The summed E-state index contributed by atoms with van der Waals surface area (Å²) in [4.78, 5) is 25.1. The Hall–Kier alpha value is -1.88. The fraction of sp³-hybridized carbons (Fsp3) is 0.385. The first-order chi connectivity index (χ1) is 8.52. The summed E-state index contributed by atoms with van der Waals surface area (Å²) in [6, 6.07) is 5.91. The highest BCUT2D eigenvalue weighted by Crippen LogP contribution is 2.28. The molecule has 1 fully saturated rings. The van der Waals surface area contributed by atoms with Crippen LogP contribution in [0.25, 0.3) is 0 Å². The summed E-state index contributed by atoms with van der Waals surface area (Å²) in [6.07, 6.45) is 0.219. The van der Waals surface area contributed by atoms with Crippen LogP contribution in [0.3, 0.4) is 0 Å². The number of carbonyl (C=O) groups is 2. The van der Waals surface area contributed by atoms with E-state index in [1.807, 2.05) is 32.0 Å². The molecule has 3 N–H and O–H groups in total. The molecular formula is C13H17N3O2. The highest BCUT2D eigenvalue weighted by molar-refractivity contribution is 6.00. The number of nitrogens with two attached hydrogens (primary N) is 1. The Morgan fingerprint density at radius 2 is 2.17 bits per heavy atom. The molecule has 1 aliphatic rings. The van der Waals surface area contributed by atoms with Crippen molar-refractivity contribution in [3.05, 3.63) is 29.3 Å². The Morgan fingerprint density at radius 3 is 2.78 bits per heavy atom. The van der Waals surface area contributed by atoms with E-state index < -0.39 is 0 Å². The molecule has 5 nitrogen and oxygen atoms in total. The molecule has 1 heterocycles. The molecule has 1 aromatic rings. The van der Waals surface area contributed by atoms with Gasteiger partial charge in [0.1, 0.15) is 0 Å². The summed E-state index contributed by atoms with van der Waals surface area (Å²) in [5.74, 6) is 4.43. The van der Waals surface area contributed by atoms with Crippen molar-refractivity contribution < 1.29 is 9.59 Å². The second-order valence-electron chi connectivity index (χ2n) is 4.70. The van der Waals surface area contributed by atoms with Crippen LogP contribution >= 0.6 is 0 Å². The predicted molar refractivity (Wildman–Crippen MR) is 68.7 cm³/mol. The third-order valence-corrected chi connectivity index (χ3v) is 3.28. The van der Waals surface area contributed by atoms with E-state index in [0.29, 0.717) is 6.54 Å². The molecule has 0 bridgehead atoms. The van der Waals surface area contributed by atoms with Gasteiger partial charge in [-0.3, -0.25) is 15.0 Å². The van der Waals surface area contributed by atoms with Crippen LogP contribution in [0.2, 0.25) is 0 Å². The summed E-state index contributed by atoms with van der Waals surface area (Å²) < 4.78 is 0. The lowest BCUT2D eigenvalue weighted by atomic mass is 10.1. The van der Waals surface area contributed by atoms with Crippen LogP contribution in [-0.4, -0.2) is 18.4 Å². The smallest absolute Gasteiger partial charge is 0.239 e. The minimum Gasteiger partial charge on any atom is -0.311 e. The third-order valence-electron chi connectivity index (χ3n) is 3.28. The monoisotopic (exact) mass is 247 g/mol. The minimum atomic E-state index is -0.358. The summed E-state index contributed by atoms with van der Waals surface area (Å²) in [7, 11) is 0. The van der Waals surface area contributed by atoms with Crippen molar-refractivity contribution in [2.24, 2.45) is 11.8 Å². The molecule has 2 rings (SSSR count). The van der Waals surface area contributed by atoms with Gasteiger partial charge in [-0.15, -0.1) is 0 Å². The third kappa shape index (κ3) is 2.22. The van der Waals surface area contributed by atoms with Gasteiger partial charge in [-0.05, 0) is 25.5 Å². The van der Waals surface area contributed by atoms with Crippen LogP contribution in [0.4, 0.5) is 5.69 Å². The lowest BCUT2D eigenvalue weighted by Gasteiger charge is -2.19. The predicted octanol–water partition coefficient (Wildman–Crippen LogP) is 0.646. The van der Waals surface area contributed by atoms with Crippen molar-refractivity contribution in [2.45, 2.75) is 20.3 Å². The van der Waals surface area contributed by atoms with E-state index in [-0.39, 0.29) is 24.2 Å². The molecule has 1 aromatic carbocycles. The quantitative estimate of drug-likeness (QED) is 0.457. The van der Waals surface area contributed by atoms with E-state index in [1.165, 1.54) is 0 Å². The van der Waals surface area contributed by atoms with Crippen LogP contribution < -0.4 is 16.2 Å². The van der Waals surface area contributed by atoms with Crippen LogP contribution in [0.5, 0.6) is 0 Å². The maximum atomic E-state index is 11.9. The second kappa shape index (κ2) is 4.78. The molecule has 0 radical (unpaired) electrons. The first-order valence-corrected chi connectivity index (χ1v) is 5.91. The standard InChI is InChI=1S/C13H17N3O2/c1-8-3-4-11(9(2)5-8)16-7-10(6-12(16)17)13(18)15-14/h3-5,10H,6-7,14H2,1-2H3,(H,15,18)/t10-/m0/s1.